The largest absolute Gasteiger partial charge is 0.229 e. The van der Waals surface area contributed by atoms with Gasteiger partial charge in [-0.3, -0.25) is 0 Å². The molecule has 0 radical (unpaired) electrons. The Balaban J connectivity index is 1.95. The SMILES string of the molecule is Cc1nn(-c2ccccc2)c2nn(-c3nccs3)nc12. The van der Waals surface area contributed by atoms with Crippen LogP contribution in [-0.2, 0) is 0 Å². The quantitative estimate of drug-likeness (QED) is 0.566. The van der Waals surface area contributed by atoms with Gasteiger partial charge in [-0.1, -0.05) is 18.2 Å². The highest BCUT2D eigenvalue weighted by Gasteiger charge is 2.16. The van der Waals surface area contributed by atoms with Gasteiger partial charge in [0.15, 0.2) is 5.52 Å². The number of nitrogens with zero attached hydrogens (tertiary/aromatic N) is 6. The Hall–Kier alpha value is -2.54. The normalized spacial score (nSPS) is 11.2. The first-order valence-electron chi connectivity index (χ1n) is 6.11. The second kappa shape index (κ2) is 4.24. The number of thiazole rings is 1. The van der Waals surface area contributed by atoms with E-state index in [4.69, 9.17) is 0 Å². The molecule has 4 aromatic rings. The van der Waals surface area contributed by atoms with E-state index in [2.05, 4.69) is 20.3 Å². The van der Waals surface area contributed by atoms with E-state index in [0.717, 1.165) is 27.7 Å². The molecule has 0 aliphatic rings. The minimum atomic E-state index is 0.740. The van der Waals surface area contributed by atoms with Gasteiger partial charge in [0.05, 0.1) is 11.4 Å². The Morgan fingerprint density at radius 2 is 1.90 bits per heavy atom. The summed E-state index contributed by atoms with van der Waals surface area (Å²) in [6.07, 6.45) is 1.74. The van der Waals surface area contributed by atoms with Crippen molar-refractivity contribution >= 4 is 22.5 Å². The summed E-state index contributed by atoms with van der Waals surface area (Å²) >= 11 is 1.50. The second-order valence-corrected chi connectivity index (χ2v) is 5.18. The smallest absolute Gasteiger partial charge is 0.226 e. The molecule has 1 aromatic carbocycles. The lowest BCUT2D eigenvalue weighted by molar-refractivity contribution is 0.737. The van der Waals surface area contributed by atoms with Gasteiger partial charge in [0.25, 0.3) is 0 Å². The molecular formula is C13H10N6S. The standard InChI is InChI=1S/C13H10N6S/c1-9-11-12(17-19(16-11)13-14-7-8-20-13)18(15-9)10-5-3-2-4-6-10/h2-8H,1H3. The van der Waals surface area contributed by atoms with Crippen LogP contribution in [0.3, 0.4) is 0 Å². The number of hydrogen-bond donors (Lipinski definition) is 0. The van der Waals surface area contributed by atoms with Crippen molar-refractivity contribution in [3.05, 3.63) is 47.6 Å². The predicted molar refractivity (Wildman–Crippen MR) is 76.4 cm³/mol. The molecule has 0 unspecified atom stereocenters. The lowest BCUT2D eigenvalue weighted by Crippen LogP contribution is -2.02. The molecule has 4 rings (SSSR count). The van der Waals surface area contributed by atoms with E-state index < -0.39 is 0 Å². The van der Waals surface area contributed by atoms with Crippen molar-refractivity contribution in [3.8, 4) is 10.8 Å². The summed E-state index contributed by atoms with van der Waals surface area (Å²) in [6.45, 7) is 1.93. The summed E-state index contributed by atoms with van der Waals surface area (Å²) in [7, 11) is 0. The highest BCUT2D eigenvalue weighted by atomic mass is 32.1. The summed E-state index contributed by atoms with van der Waals surface area (Å²) < 4.78 is 1.81. The minimum absolute atomic E-state index is 0.740. The molecule has 0 fully saturated rings. The summed E-state index contributed by atoms with van der Waals surface area (Å²) in [5.41, 5.74) is 3.36. The molecule has 0 aliphatic heterocycles. The van der Waals surface area contributed by atoms with Crippen LogP contribution in [0.15, 0.2) is 41.9 Å². The average Bonchev–Trinajstić information content (AvgIpc) is 3.17. The lowest BCUT2D eigenvalue weighted by Gasteiger charge is -2.00. The summed E-state index contributed by atoms with van der Waals surface area (Å²) in [6, 6.07) is 9.92. The van der Waals surface area contributed by atoms with Crippen LogP contribution < -0.4 is 0 Å². The van der Waals surface area contributed by atoms with Gasteiger partial charge in [-0.2, -0.15) is 5.10 Å². The van der Waals surface area contributed by atoms with E-state index in [1.807, 2.05) is 47.3 Å². The summed E-state index contributed by atoms with van der Waals surface area (Å²) in [5.74, 6) is 0. The van der Waals surface area contributed by atoms with E-state index in [1.165, 1.54) is 11.3 Å². The van der Waals surface area contributed by atoms with Crippen LogP contribution in [0.1, 0.15) is 5.69 Å². The minimum Gasteiger partial charge on any atom is -0.226 e. The van der Waals surface area contributed by atoms with Crippen LogP contribution >= 0.6 is 11.3 Å². The van der Waals surface area contributed by atoms with Gasteiger partial charge in [0, 0.05) is 11.6 Å². The number of fused-ring (bicyclic) bond motifs is 1. The number of aryl methyl sites for hydroxylation is 1. The van der Waals surface area contributed by atoms with Gasteiger partial charge >= 0.3 is 0 Å². The Kier molecular flexibility index (Phi) is 2.40. The number of hydrogen-bond acceptors (Lipinski definition) is 5. The highest BCUT2D eigenvalue weighted by Crippen LogP contribution is 2.20. The topological polar surface area (TPSA) is 61.4 Å². The molecule has 0 saturated heterocycles. The van der Waals surface area contributed by atoms with Gasteiger partial charge in [-0.25, -0.2) is 9.67 Å². The zero-order valence-electron chi connectivity index (χ0n) is 10.6. The van der Waals surface area contributed by atoms with E-state index in [9.17, 15) is 0 Å². The predicted octanol–water partition coefficient (Wildman–Crippen LogP) is 2.37. The first-order valence-corrected chi connectivity index (χ1v) is 6.99. The van der Waals surface area contributed by atoms with Crippen molar-refractivity contribution in [2.75, 3.05) is 0 Å². The maximum atomic E-state index is 4.51. The van der Waals surface area contributed by atoms with E-state index in [1.54, 1.807) is 11.0 Å². The van der Waals surface area contributed by atoms with Crippen molar-refractivity contribution in [1.82, 2.24) is 29.8 Å². The van der Waals surface area contributed by atoms with Crippen LogP contribution in [0.5, 0.6) is 0 Å². The summed E-state index contributed by atoms with van der Waals surface area (Å²) in [4.78, 5) is 5.78. The third kappa shape index (κ3) is 1.64. The highest BCUT2D eigenvalue weighted by molar-refractivity contribution is 7.12. The molecular weight excluding hydrogens is 272 g/mol. The monoisotopic (exact) mass is 282 g/mol. The number of rotatable bonds is 2. The molecule has 0 aliphatic carbocycles. The van der Waals surface area contributed by atoms with E-state index >= 15 is 0 Å². The van der Waals surface area contributed by atoms with Gasteiger partial charge in [0.2, 0.25) is 10.8 Å². The molecule has 0 amide bonds. The molecule has 0 atom stereocenters. The lowest BCUT2D eigenvalue weighted by atomic mass is 10.3. The maximum absolute atomic E-state index is 4.51. The van der Waals surface area contributed by atoms with Gasteiger partial charge in [-0.15, -0.1) is 26.3 Å². The zero-order valence-corrected chi connectivity index (χ0v) is 11.4. The maximum Gasteiger partial charge on any atom is 0.229 e. The molecule has 0 N–H and O–H groups in total. The molecule has 0 spiro atoms. The van der Waals surface area contributed by atoms with Crippen LogP contribution in [-0.4, -0.2) is 29.8 Å². The van der Waals surface area contributed by atoms with Crippen molar-refractivity contribution in [2.24, 2.45) is 0 Å². The van der Waals surface area contributed by atoms with Crippen molar-refractivity contribution < 1.29 is 0 Å². The average molecular weight is 282 g/mol. The van der Waals surface area contributed by atoms with Crippen molar-refractivity contribution in [2.45, 2.75) is 6.92 Å². The van der Waals surface area contributed by atoms with Crippen molar-refractivity contribution in [1.29, 1.82) is 0 Å². The van der Waals surface area contributed by atoms with Crippen molar-refractivity contribution in [3.63, 3.8) is 0 Å². The Morgan fingerprint density at radius 1 is 1.05 bits per heavy atom. The fourth-order valence-electron chi connectivity index (χ4n) is 2.07. The third-order valence-corrected chi connectivity index (χ3v) is 3.72. The molecule has 3 aromatic heterocycles. The van der Waals surface area contributed by atoms with Crippen LogP contribution in [0.2, 0.25) is 0 Å². The molecule has 20 heavy (non-hydrogen) atoms. The molecule has 0 saturated carbocycles. The molecule has 0 bridgehead atoms. The van der Waals surface area contributed by atoms with E-state index in [0.29, 0.717) is 0 Å². The van der Waals surface area contributed by atoms with Crippen LogP contribution in [0.4, 0.5) is 0 Å². The molecule has 98 valence electrons. The first kappa shape index (κ1) is 11.3. The number of aromatic nitrogens is 6. The number of benzene rings is 1. The Labute approximate surface area is 118 Å². The van der Waals surface area contributed by atoms with Gasteiger partial charge in [0.1, 0.15) is 0 Å². The third-order valence-electron chi connectivity index (χ3n) is 2.98. The zero-order chi connectivity index (χ0) is 13.5. The number of para-hydroxylation sites is 1. The first-order chi connectivity index (χ1) is 9.83. The fourth-order valence-corrected chi connectivity index (χ4v) is 2.61. The Morgan fingerprint density at radius 3 is 2.65 bits per heavy atom. The summed E-state index contributed by atoms with van der Waals surface area (Å²) in [5, 5.41) is 16.1. The molecule has 7 heteroatoms. The second-order valence-electron chi connectivity index (χ2n) is 4.31. The molecule has 6 nitrogen and oxygen atoms in total. The van der Waals surface area contributed by atoms with Gasteiger partial charge in [-0.05, 0) is 19.1 Å². The fraction of sp³-hybridized carbons (Fsp3) is 0.0769. The van der Waals surface area contributed by atoms with Gasteiger partial charge < -0.3 is 0 Å². The molecule has 3 heterocycles. The van der Waals surface area contributed by atoms with Crippen LogP contribution in [0.25, 0.3) is 22.0 Å². The van der Waals surface area contributed by atoms with Crippen LogP contribution in [0, 0.1) is 6.92 Å². The van der Waals surface area contributed by atoms with E-state index in [-0.39, 0.29) is 0 Å². The Bertz CT molecular complexity index is 859.